The molecule has 0 aliphatic rings. The van der Waals surface area contributed by atoms with Gasteiger partial charge in [0.15, 0.2) is 10.3 Å². The second-order valence-corrected chi connectivity index (χ2v) is 7.35. The van der Waals surface area contributed by atoms with Crippen molar-refractivity contribution in [3.8, 4) is 6.07 Å². The highest BCUT2D eigenvalue weighted by Crippen LogP contribution is 2.36. The van der Waals surface area contributed by atoms with E-state index >= 15 is 0 Å². The van der Waals surface area contributed by atoms with Crippen LogP contribution in [-0.4, -0.2) is 13.9 Å². The van der Waals surface area contributed by atoms with Crippen LogP contribution >= 0.6 is 46.2 Å². The van der Waals surface area contributed by atoms with Gasteiger partial charge in [-0.1, -0.05) is 17.7 Å². The minimum atomic E-state index is -0.122. The lowest BCUT2D eigenvalue weighted by Crippen LogP contribution is -2.21. The van der Waals surface area contributed by atoms with Crippen molar-refractivity contribution in [1.82, 2.24) is 13.9 Å². The quantitative estimate of drug-likeness (QED) is 0.519. The molecule has 0 saturated carbocycles. The summed E-state index contributed by atoms with van der Waals surface area (Å²) in [6.07, 6.45) is 1.64. The van der Waals surface area contributed by atoms with E-state index in [0.29, 0.717) is 31.7 Å². The minimum absolute atomic E-state index is 0.122. The summed E-state index contributed by atoms with van der Waals surface area (Å²) in [5.41, 5.74) is 0.185. The first-order valence-electron chi connectivity index (χ1n) is 5.97. The first-order valence-corrected chi connectivity index (χ1v) is 8.82. The molecule has 0 saturated heterocycles. The fourth-order valence-electron chi connectivity index (χ4n) is 1.80. The van der Waals surface area contributed by atoms with Crippen LogP contribution in [0, 0.1) is 11.3 Å². The molecule has 0 spiro atoms. The molecule has 0 aliphatic carbocycles. The first kappa shape index (κ1) is 15.2. The molecule has 0 unspecified atom stereocenters. The number of halogens is 1. The molecule has 0 atom stereocenters. The summed E-state index contributed by atoms with van der Waals surface area (Å²) in [7, 11) is 0. The van der Waals surface area contributed by atoms with E-state index in [-0.39, 0.29) is 10.7 Å². The monoisotopic (exact) mass is 366 g/mol. The minimum Gasteiger partial charge on any atom is -0.283 e. The Morgan fingerprint density at radius 3 is 3.14 bits per heavy atom. The lowest BCUT2D eigenvalue weighted by atomic mass is 10.4. The van der Waals surface area contributed by atoms with Crippen LogP contribution in [0.5, 0.6) is 0 Å². The van der Waals surface area contributed by atoms with Gasteiger partial charge in [0, 0.05) is 6.54 Å². The zero-order chi connectivity index (χ0) is 15.7. The lowest BCUT2D eigenvalue weighted by Gasteiger charge is -2.08. The number of allylic oxidation sites excluding steroid dienone is 1. The van der Waals surface area contributed by atoms with E-state index in [0.717, 1.165) is 11.5 Å². The van der Waals surface area contributed by atoms with E-state index in [4.69, 9.17) is 16.9 Å². The van der Waals surface area contributed by atoms with Crippen molar-refractivity contribution in [2.75, 3.05) is 0 Å². The number of hydrogen-bond donors (Lipinski definition) is 0. The lowest BCUT2D eigenvalue weighted by molar-refractivity contribution is 0.673. The molecule has 3 aromatic heterocycles. The van der Waals surface area contributed by atoms with Gasteiger partial charge in [0.1, 0.15) is 20.7 Å². The van der Waals surface area contributed by atoms with Gasteiger partial charge in [-0.15, -0.1) is 17.9 Å². The van der Waals surface area contributed by atoms with Crippen molar-refractivity contribution >= 4 is 56.4 Å². The first-order chi connectivity index (χ1) is 10.7. The number of thiophene rings is 1. The Morgan fingerprint density at radius 2 is 2.41 bits per heavy atom. The summed E-state index contributed by atoms with van der Waals surface area (Å²) in [5.74, 6) is 0. The zero-order valence-corrected chi connectivity index (χ0v) is 14.2. The van der Waals surface area contributed by atoms with Crippen LogP contribution in [0.3, 0.4) is 0 Å². The average Bonchev–Trinajstić information content (AvgIpc) is 3.10. The van der Waals surface area contributed by atoms with Gasteiger partial charge in [0.25, 0.3) is 5.56 Å². The number of fused-ring (bicyclic) bond motifs is 1. The molecule has 3 aromatic rings. The maximum Gasteiger partial charge on any atom is 0.263 e. The third kappa shape index (κ3) is 2.57. The maximum atomic E-state index is 12.5. The molecular formula is C13H7ClN4OS3. The molecule has 9 heteroatoms. The molecule has 5 nitrogen and oxygen atoms in total. The smallest absolute Gasteiger partial charge is 0.263 e. The second-order valence-electron chi connectivity index (χ2n) is 4.09. The van der Waals surface area contributed by atoms with Crippen molar-refractivity contribution in [1.29, 1.82) is 5.26 Å². The van der Waals surface area contributed by atoms with Crippen molar-refractivity contribution in [3.63, 3.8) is 0 Å². The molecule has 3 heterocycles. The van der Waals surface area contributed by atoms with Gasteiger partial charge in [-0.3, -0.25) is 9.36 Å². The molecule has 0 N–H and O–H groups in total. The van der Waals surface area contributed by atoms with Gasteiger partial charge in [-0.25, -0.2) is 4.98 Å². The molecule has 0 fully saturated rings. The Kier molecular flexibility index (Phi) is 4.31. The second kappa shape index (κ2) is 6.22. The molecule has 3 rings (SSSR count). The van der Waals surface area contributed by atoms with Crippen LogP contribution in [0.4, 0.5) is 0 Å². The Morgan fingerprint density at radius 1 is 1.59 bits per heavy atom. The van der Waals surface area contributed by atoms with Gasteiger partial charge in [0.2, 0.25) is 0 Å². The number of hydrogen-bond acceptors (Lipinski definition) is 7. The summed E-state index contributed by atoms with van der Waals surface area (Å²) in [5, 5.41) is 12.2. The summed E-state index contributed by atoms with van der Waals surface area (Å²) < 4.78 is 6.11. The van der Waals surface area contributed by atoms with Crippen LogP contribution in [0.2, 0.25) is 5.15 Å². The predicted molar refractivity (Wildman–Crippen MR) is 90.0 cm³/mol. The van der Waals surface area contributed by atoms with Gasteiger partial charge in [-0.2, -0.15) is 9.64 Å². The van der Waals surface area contributed by atoms with Gasteiger partial charge < -0.3 is 0 Å². The Hall–Kier alpha value is -1.66. The van der Waals surface area contributed by atoms with E-state index in [1.54, 1.807) is 12.1 Å². The molecule has 110 valence electrons. The summed E-state index contributed by atoms with van der Waals surface area (Å²) in [6, 6.07) is 3.78. The highest BCUT2D eigenvalue weighted by atomic mass is 35.5. The normalized spacial score (nSPS) is 10.7. The fourth-order valence-corrected chi connectivity index (χ4v) is 4.75. The van der Waals surface area contributed by atoms with Crippen molar-refractivity contribution in [3.05, 3.63) is 45.2 Å². The number of nitrogens with zero attached hydrogens (tertiary/aromatic N) is 4. The van der Waals surface area contributed by atoms with Crippen molar-refractivity contribution in [2.45, 2.75) is 15.9 Å². The molecule has 0 radical (unpaired) electrons. The van der Waals surface area contributed by atoms with Gasteiger partial charge >= 0.3 is 0 Å². The molecular weight excluding hydrogens is 360 g/mol. The molecule has 0 bridgehead atoms. The van der Waals surface area contributed by atoms with Gasteiger partial charge in [-0.05, 0) is 34.7 Å². The Bertz CT molecular complexity index is 966. The van der Waals surface area contributed by atoms with E-state index in [1.165, 1.54) is 27.7 Å². The highest BCUT2D eigenvalue weighted by molar-refractivity contribution is 8.01. The standard InChI is InChI=1S/C13H7ClN4OS3/c1-2-4-18-11(19)7-3-5-20-10(7)16-13(18)21-12-8(6-15)9(14)17-22-12/h2-3,5H,1,4H2. The molecule has 0 aliphatic heterocycles. The number of aromatic nitrogens is 3. The Labute approximate surface area is 142 Å². The van der Waals surface area contributed by atoms with Crippen LogP contribution in [-0.2, 0) is 6.54 Å². The van der Waals surface area contributed by atoms with Crippen molar-refractivity contribution in [2.24, 2.45) is 0 Å². The van der Waals surface area contributed by atoms with Crippen LogP contribution in [0.25, 0.3) is 10.2 Å². The third-order valence-electron chi connectivity index (χ3n) is 2.78. The Balaban J connectivity index is 2.17. The van der Waals surface area contributed by atoms with E-state index in [9.17, 15) is 4.79 Å². The SMILES string of the molecule is C=CCn1c(Sc2snc(Cl)c2C#N)nc2sccc2c1=O. The van der Waals surface area contributed by atoms with Crippen LogP contribution in [0.1, 0.15) is 5.56 Å². The zero-order valence-electron chi connectivity index (χ0n) is 10.9. The summed E-state index contributed by atoms with van der Waals surface area (Å²) in [6.45, 7) is 4.02. The number of rotatable bonds is 4. The van der Waals surface area contributed by atoms with Crippen LogP contribution < -0.4 is 5.56 Å². The molecule has 0 amide bonds. The van der Waals surface area contributed by atoms with Crippen LogP contribution in [0.15, 0.2) is 38.3 Å². The topological polar surface area (TPSA) is 71.6 Å². The number of nitriles is 1. The maximum absolute atomic E-state index is 12.5. The van der Waals surface area contributed by atoms with E-state index < -0.39 is 0 Å². The third-order valence-corrected chi connectivity index (χ3v) is 5.96. The summed E-state index contributed by atoms with van der Waals surface area (Å²) >= 11 is 9.62. The predicted octanol–water partition coefficient (Wildman–Crippen LogP) is 3.78. The highest BCUT2D eigenvalue weighted by Gasteiger charge is 2.18. The summed E-state index contributed by atoms with van der Waals surface area (Å²) in [4.78, 5) is 17.7. The molecule has 0 aromatic carbocycles. The molecule has 22 heavy (non-hydrogen) atoms. The van der Waals surface area contributed by atoms with Crippen molar-refractivity contribution < 1.29 is 0 Å². The van der Waals surface area contributed by atoms with E-state index in [2.05, 4.69) is 15.9 Å². The van der Waals surface area contributed by atoms with E-state index in [1.807, 2.05) is 11.4 Å². The fraction of sp³-hybridized carbons (Fsp3) is 0.0769. The average molecular weight is 367 g/mol. The van der Waals surface area contributed by atoms with Gasteiger partial charge in [0.05, 0.1) is 5.39 Å². The largest absolute Gasteiger partial charge is 0.283 e.